The van der Waals surface area contributed by atoms with Gasteiger partial charge in [-0.05, 0) is 12.8 Å². The fourth-order valence-corrected chi connectivity index (χ4v) is 2.31. The fraction of sp³-hybridized carbons (Fsp3) is 0.583. The van der Waals surface area contributed by atoms with Crippen molar-refractivity contribution in [2.24, 2.45) is 5.92 Å². The lowest BCUT2D eigenvalue weighted by Crippen LogP contribution is -2.45. The summed E-state index contributed by atoms with van der Waals surface area (Å²) in [5.41, 5.74) is 0.226. The molecule has 1 fully saturated rings. The number of hydrogen-bond donors (Lipinski definition) is 1. The minimum absolute atomic E-state index is 0.185. The number of hydrogen-bond acceptors (Lipinski definition) is 5. The van der Waals surface area contributed by atoms with Crippen molar-refractivity contribution in [2.45, 2.75) is 31.7 Å². The van der Waals surface area contributed by atoms with Gasteiger partial charge in [0.1, 0.15) is 6.26 Å². The molecule has 2 rings (SSSR count). The van der Waals surface area contributed by atoms with Crippen LogP contribution in [0.15, 0.2) is 16.9 Å². The summed E-state index contributed by atoms with van der Waals surface area (Å²) in [6, 6.07) is 1.31. The molecule has 1 N–H and O–H groups in total. The van der Waals surface area contributed by atoms with E-state index in [1.54, 1.807) is 0 Å². The van der Waals surface area contributed by atoms with Crippen molar-refractivity contribution >= 4 is 11.9 Å². The Hall–Kier alpha value is -1.85. The Morgan fingerprint density at radius 2 is 2.22 bits per heavy atom. The number of nitrogens with one attached hydrogen (secondary N) is 1. The maximum Gasteiger partial charge on any atom is 0.310 e. The summed E-state index contributed by atoms with van der Waals surface area (Å²) < 4.78 is 9.39. The van der Waals surface area contributed by atoms with Crippen LogP contribution in [0.25, 0.3) is 0 Å². The molecule has 0 saturated heterocycles. The molecule has 1 aliphatic rings. The highest BCUT2D eigenvalue weighted by atomic mass is 16.5. The molecule has 0 bridgehead atoms. The van der Waals surface area contributed by atoms with Crippen LogP contribution < -0.4 is 5.32 Å². The van der Waals surface area contributed by atoms with E-state index in [4.69, 9.17) is 4.74 Å². The van der Waals surface area contributed by atoms with Gasteiger partial charge in [-0.3, -0.25) is 9.59 Å². The molecule has 1 aliphatic carbocycles. The standard InChI is InChI=1S/C12H16N2O4/c1-17-12(16)8-4-2-3-5-9(8)13-11(15)10-6-7-18-14-10/h6-9H,2-5H2,1H3,(H,13,15)/t8-,9+/m1/s1. The Labute approximate surface area is 105 Å². The molecule has 2 atom stereocenters. The largest absolute Gasteiger partial charge is 0.469 e. The Balaban J connectivity index is 2.01. The summed E-state index contributed by atoms with van der Waals surface area (Å²) in [6.45, 7) is 0. The van der Waals surface area contributed by atoms with E-state index in [0.717, 1.165) is 25.7 Å². The molecule has 0 radical (unpaired) electrons. The molecule has 18 heavy (non-hydrogen) atoms. The third-order valence-electron chi connectivity index (χ3n) is 3.26. The van der Waals surface area contributed by atoms with E-state index in [-0.39, 0.29) is 29.5 Å². The van der Waals surface area contributed by atoms with E-state index < -0.39 is 0 Å². The van der Waals surface area contributed by atoms with Crippen LogP contribution in [0.4, 0.5) is 0 Å². The molecular weight excluding hydrogens is 236 g/mol. The first-order chi connectivity index (χ1) is 8.72. The Morgan fingerprint density at radius 3 is 2.89 bits per heavy atom. The fourth-order valence-electron chi connectivity index (χ4n) is 2.31. The van der Waals surface area contributed by atoms with Crippen molar-refractivity contribution in [2.75, 3.05) is 7.11 Å². The van der Waals surface area contributed by atoms with Gasteiger partial charge in [0, 0.05) is 12.1 Å². The van der Waals surface area contributed by atoms with Gasteiger partial charge in [-0.25, -0.2) is 0 Å². The van der Waals surface area contributed by atoms with E-state index in [2.05, 4.69) is 15.0 Å². The Morgan fingerprint density at radius 1 is 1.44 bits per heavy atom. The summed E-state index contributed by atoms with van der Waals surface area (Å²) >= 11 is 0. The number of carbonyl (C=O) groups is 2. The Kier molecular flexibility index (Phi) is 3.96. The summed E-state index contributed by atoms with van der Waals surface area (Å²) in [7, 11) is 1.37. The predicted octanol–water partition coefficient (Wildman–Crippen LogP) is 1.14. The van der Waals surface area contributed by atoms with Crippen molar-refractivity contribution < 1.29 is 18.8 Å². The molecule has 1 heterocycles. The van der Waals surface area contributed by atoms with Gasteiger partial charge in [-0.15, -0.1) is 0 Å². The van der Waals surface area contributed by atoms with Gasteiger partial charge in [0.15, 0.2) is 5.69 Å². The van der Waals surface area contributed by atoms with Crippen molar-refractivity contribution in [1.82, 2.24) is 10.5 Å². The van der Waals surface area contributed by atoms with Crippen LogP contribution in [0.3, 0.4) is 0 Å². The maximum atomic E-state index is 11.8. The highest BCUT2D eigenvalue weighted by molar-refractivity contribution is 5.92. The highest BCUT2D eigenvalue weighted by Gasteiger charge is 2.33. The predicted molar refractivity (Wildman–Crippen MR) is 61.7 cm³/mol. The second-order valence-electron chi connectivity index (χ2n) is 4.38. The van der Waals surface area contributed by atoms with Crippen LogP contribution in [0.1, 0.15) is 36.2 Å². The third-order valence-corrected chi connectivity index (χ3v) is 3.26. The minimum Gasteiger partial charge on any atom is -0.469 e. The number of aromatic nitrogens is 1. The second kappa shape index (κ2) is 5.66. The van der Waals surface area contributed by atoms with E-state index in [0.29, 0.717) is 0 Å². The topological polar surface area (TPSA) is 81.4 Å². The van der Waals surface area contributed by atoms with Crippen LogP contribution in [0, 0.1) is 5.92 Å². The van der Waals surface area contributed by atoms with Crippen molar-refractivity contribution in [3.63, 3.8) is 0 Å². The molecular formula is C12H16N2O4. The third kappa shape index (κ3) is 2.69. The molecule has 0 spiro atoms. The molecule has 1 aromatic heterocycles. The van der Waals surface area contributed by atoms with Crippen molar-refractivity contribution in [3.8, 4) is 0 Å². The number of amides is 1. The lowest BCUT2D eigenvalue weighted by Gasteiger charge is -2.29. The van der Waals surface area contributed by atoms with Crippen LogP contribution in [0.5, 0.6) is 0 Å². The maximum absolute atomic E-state index is 11.8. The summed E-state index contributed by atoms with van der Waals surface area (Å²) in [5, 5.41) is 6.39. The first-order valence-electron chi connectivity index (χ1n) is 6.01. The molecule has 1 saturated carbocycles. The number of methoxy groups -OCH3 is 1. The lowest BCUT2D eigenvalue weighted by molar-refractivity contribution is -0.147. The van der Waals surface area contributed by atoms with Gasteiger partial charge in [-0.2, -0.15) is 0 Å². The molecule has 1 amide bonds. The minimum atomic E-state index is -0.315. The molecule has 6 heteroatoms. The van der Waals surface area contributed by atoms with E-state index in [9.17, 15) is 9.59 Å². The van der Waals surface area contributed by atoms with Crippen LogP contribution >= 0.6 is 0 Å². The molecule has 0 aliphatic heterocycles. The number of nitrogens with zero attached hydrogens (tertiary/aromatic N) is 1. The molecule has 1 aromatic rings. The molecule has 0 aromatic carbocycles. The van der Waals surface area contributed by atoms with Crippen molar-refractivity contribution in [1.29, 1.82) is 0 Å². The zero-order chi connectivity index (χ0) is 13.0. The summed E-state index contributed by atoms with van der Waals surface area (Å²) in [5.74, 6) is -0.843. The van der Waals surface area contributed by atoms with Gasteiger partial charge in [-0.1, -0.05) is 18.0 Å². The van der Waals surface area contributed by atoms with Crippen LogP contribution in [-0.2, 0) is 9.53 Å². The van der Waals surface area contributed by atoms with Crippen molar-refractivity contribution in [3.05, 3.63) is 18.0 Å². The monoisotopic (exact) mass is 252 g/mol. The number of esters is 1. The van der Waals surface area contributed by atoms with E-state index >= 15 is 0 Å². The lowest BCUT2D eigenvalue weighted by atomic mass is 9.84. The molecule has 0 unspecified atom stereocenters. The first-order valence-corrected chi connectivity index (χ1v) is 6.01. The SMILES string of the molecule is COC(=O)[C@@H]1CCCC[C@@H]1NC(=O)c1ccon1. The number of rotatable bonds is 3. The number of carbonyl (C=O) groups excluding carboxylic acids is 2. The van der Waals surface area contributed by atoms with Gasteiger partial charge in [0.05, 0.1) is 13.0 Å². The van der Waals surface area contributed by atoms with Gasteiger partial charge >= 0.3 is 5.97 Å². The normalized spacial score (nSPS) is 23.4. The zero-order valence-corrected chi connectivity index (χ0v) is 10.2. The summed E-state index contributed by atoms with van der Waals surface area (Å²) in [6.07, 6.45) is 4.85. The quantitative estimate of drug-likeness (QED) is 0.816. The average Bonchev–Trinajstić information content (AvgIpc) is 2.92. The smallest absolute Gasteiger partial charge is 0.310 e. The number of ether oxygens (including phenoxy) is 1. The van der Waals surface area contributed by atoms with Gasteiger partial charge in [0.2, 0.25) is 0 Å². The van der Waals surface area contributed by atoms with Gasteiger partial charge < -0.3 is 14.6 Å². The van der Waals surface area contributed by atoms with Crippen LogP contribution in [-0.4, -0.2) is 30.2 Å². The average molecular weight is 252 g/mol. The highest BCUT2D eigenvalue weighted by Crippen LogP contribution is 2.25. The summed E-state index contributed by atoms with van der Waals surface area (Å²) in [4.78, 5) is 23.5. The molecule has 98 valence electrons. The second-order valence-corrected chi connectivity index (χ2v) is 4.38. The van der Waals surface area contributed by atoms with E-state index in [1.807, 2.05) is 0 Å². The zero-order valence-electron chi connectivity index (χ0n) is 10.2. The first kappa shape index (κ1) is 12.6. The van der Waals surface area contributed by atoms with Crippen LogP contribution in [0.2, 0.25) is 0 Å². The molecule has 6 nitrogen and oxygen atoms in total. The Bertz CT molecular complexity index is 416. The van der Waals surface area contributed by atoms with E-state index in [1.165, 1.54) is 19.4 Å². The van der Waals surface area contributed by atoms with Gasteiger partial charge in [0.25, 0.3) is 5.91 Å².